The molecule has 0 unspecified atom stereocenters. The summed E-state index contributed by atoms with van der Waals surface area (Å²) in [5, 5.41) is 0. The molecule has 10 heteroatoms. The number of alkyl halides is 10. The number of rotatable bonds is 0. The third-order valence-corrected chi connectivity index (χ3v) is 0.712. The van der Waals surface area contributed by atoms with Gasteiger partial charge >= 0.3 is 18.3 Å². The van der Waals surface area contributed by atoms with Gasteiger partial charge in [-0.15, -0.1) is 0 Å². The lowest BCUT2D eigenvalue weighted by Gasteiger charge is -2.21. The van der Waals surface area contributed by atoms with Crippen LogP contribution in [0.4, 0.5) is 43.9 Å². The summed E-state index contributed by atoms with van der Waals surface area (Å²) in [4.78, 5) is 0. The number of hydrogen-bond acceptors (Lipinski definition) is 0. The molecule has 0 bridgehead atoms. The molecule has 0 radical (unpaired) electrons. The highest BCUT2D eigenvalue weighted by molar-refractivity contribution is 4.83. The van der Waals surface area contributed by atoms with Gasteiger partial charge in [0.15, 0.2) is 0 Å². The molecule has 0 aliphatic carbocycles. The first kappa shape index (κ1) is 15.8. The highest BCUT2D eigenvalue weighted by atomic mass is 19.5. The van der Waals surface area contributed by atoms with Gasteiger partial charge in [0, 0.05) is 0 Å². The van der Waals surface area contributed by atoms with Gasteiger partial charge in [-0.3, -0.25) is 0 Å². The second kappa shape index (κ2) is 4.69. The molecule has 0 atom stereocenters. The first-order valence-corrected chi connectivity index (χ1v) is 2.55. The molecular weight excluding hydrogens is 238 g/mol. The van der Waals surface area contributed by atoms with Gasteiger partial charge in [0.05, 0.1) is 0 Å². The molecular formula is C4H2F10. The lowest BCUT2D eigenvalue weighted by molar-refractivity contribution is -0.389. The standard InChI is InChI=1S/C3F8.CH2F2/c4-1(5,2(6,7)8)3(9,10)11;2-1-3/h;1H2. The van der Waals surface area contributed by atoms with Crippen molar-refractivity contribution in [2.45, 2.75) is 18.3 Å². The summed E-state index contributed by atoms with van der Waals surface area (Å²) in [5.74, 6) is -6.62. The zero-order chi connectivity index (χ0) is 12.2. The molecule has 0 saturated carbocycles. The second-order valence-corrected chi connectivity index (χ2v) is 1.67. The Balaban J connectivity index is 0. The topological polar surface area (TPSA) is 0 Å². The third kappa shape index (κ3) is 4.01. The summed E-state index contributed by atoms with van der Waals surface area (Å²) in [7, 11) is 0. The van der Waals surface area contributed by atoms with E-state index < -0.39 is 25.2 Å². The molecule has 0 aliphatic heterocycles. The predicted octanol–water partition coefficient (Wildman–Crippen LogP) is 3.63. The predicted molar refractivity (Wildman–Crippen MR) is 24.1 cm³/mol. The molecule has 0 saturated heterocycles. The summed E-state index contributed by atoms with van der Waals surface area (Å²) in [6.45, 7) is -1.75. The van der Waals surface area contributed by atoms with E-state index in [-0.39, 0.29) is 0 Å². The van der Waals surface area contributed by atoms with Crippen molar-refractivity contribution < 1.29 is 43.9 Å². The SMILES string of the molecule is FC(F)(F)C(F)(F)C(F)(F)F.FCF. The van der Waals surface area contributed by atoms with Crippen molar-refractivity contribution in [2.24, 2.45) is 0 Å². The third-order valence-electron chi connectivity index (χ3n) is 0.712. The average Bonchev–Trinajstić information content (AvgIpc) is 1.83. The van der Waals surface area contributed by atoms with Crippen molar-refractivity contribution >= 4 is 0 Å². The van der Waals surface area contributed by atoms with Crippen LogP contribution in [0.15, 0.2) is 0 Å². The molecule has 14 heavy (non-hydrogen) atoms. The van der Waals surface area contributed by atoms with Crippen molar-refractivity contribution in [1.29, 1.82) is 0 Å². The van der Waals surface area contributed by atoms with Crippen LogP contribution in [0.25, 0.3) is 0 Å². The molecule has 0 N–H and O–H groups in total. The van der Waals surface area contributed by atoms with Crippen LogP contribution in [0.3, 0.4) is 0 Å². The van der Waals surface area contributed by atoms with Gasteiger partial charge in [0.1, 0.15) is 0 Å². The van der Waals surface area contributed by atoms with Gasteiger partial charge in [0.2, 0.25) is 6.93 Å². The van der Waals surface area contributed by atoms with Crippen molar-refractivity contribution in [3.63, 3.8) is 0 Å². The summed E-state index contributed by atoms with van der Waals surface area (Å²) >= 11 is 0. The summed E-state index contributed by atoms with van der Waals surface area (Å²) in [6.07, 6.45) is -13.2. The first-order chi connectivity index (χ1) is 5.91. The molecule has 0 aliphatic rings. The molecule has 0 aromatic rings. The second-order valence-electron chi connectivity index (χ2n) is 1.67. The van der Waals surface area contributed by atoms with E-state index in [0.29, 0.717) is 0 Å². The molecule has 0 nitrogen and oxygen atoms in total. The molecule has 0 heterocycles. The Bertz CT molecular complexity index is 134. The first-order valence-electron chi connectivity index (χ1n) is 2.55. The normalized spacial score (nSPS) is 13.3. The van der Waals surface area contributed by atoms with Gasteiger partial charge < -0.3 is 0 Å². The highest BCUT2D eigenvalue weighted by Gasteiger charge is 2.74. The van der Waals surface area contributed by atoms with Crippen LogP contribution in [-0.2, 0) is 0 Å². The molecule has 0 rings (SSSR count). The quantitative estimate of drug-likeness (QED) is 0.567. The molecule has 88 valence electrons. The van der Waals surface area contributed by atoms with Crippen LogP contribution in [0, 0.1) is 0 Å². The fraction of sp³-hybridized carbons (Fsp3) is 1.00. The Morgan fingerprint density at radius 1 is 0.571 bits per heavy atom. The molecule has 0 amide bonds. The van der Waals surface area contributed by atoms with E-state index in [1.807, 2.05) is 0 Å². The molecule has 0 fully saturated rings. The summed E-state index contributed by atoms with van der Waals surface area (Å²) < 4.78 is 107. The van der Waals surface area contributed by atoms with Gasteiger partial charge in [-0.1, -0.05) is 0 Å². The van der Waals surface area contributed by atoms with E-state index in [4.69, 9.17) is 0 Å². The van der Waals surface area contributed by atoms with E-state index in [1.54, 1.807) is 0 Å². The fourth-order valence-electron chi connectivity index (χ4n) is 0.161. The van der Waals surface area contributed by atoms with E-state index in [1.165, 1.54) is 0 Å². The largest absolute Gasteiger partial charge is 0.463 e. The van der Waals surface area contributed by atoms with Crippen molar-refractivity contribution in [3.05, 3.63) is 0 Å². The minimum Gasteiger partial charge on any atom is -0.214 e. The zero-order valence-corrected chi connectivity index (χ0v) is 5.99. The number of halogens is 10. The van der Waals surface area contributed by atoms with Crippen molar-refractivity contribution in [2.75, 3.05) is 6.93 Å². The summed E-state index contributed by atoms with van der Waals surface area (Å²) in [5.41, 5.74) is 0. The van der Waals surface area contributed by atoms with Gasteiger partial charge in [0.25, 0.3) is 0 Å². The number of hydrogen-bond donors (Lipinski definition) is 0. The van der Waals surface area contributed by atoms with Crippen LogP contribution in [0.1, 0.15) is 0 Å². The van der Waals surface area contributed by atoms with E-state index in [2.05, 4.69) is 0 Å². The maximum Gasteiger partial charge on any atom is 0.463 e. The van der Waals surface area contributed by atoms with E-state index in [9.17, 15) is 43.9 Å². The average molecular weight is 240 g/mol. The van der Waals surface area contributed by atoms with Crippen molar-refractivity contribution in [3.8, 4) is 0 Å². The Kier molecular flexibility index (Phi) is 5.28. The van der Waals surface area contributed by atoms with Crippen LogP contribution >= 0.6 is 0 Å². The lowest BCUT2D eigenvalue weighted by Crippen LogP contribution is -2.49. The lowest BCUT2D eigenvalue weighted by atomic mass is 10.3. The Labute approximate surface area is 70.5 Å². The van der Waals surface area contributed by atoms with Crippen LogP contribution in [-0.4, -0.2) is 25.2 Å². The highest BCUT2D eigenvalue weighted by Crippen LogP contribution is 2.46. The minimum absolute atomic E-state index is 1.75. The maximum atomic E-state index is 11.2. The maximum absolute atomic E-state index is 11.2. The van der Waals surface area contributed by atoms with Crippen LogP contribution in [0.2, 0.25) is 0 Å². The smallest absolute Gasteiger partial charge is 0.214 e. The minimum atomic E-state index is -6.62. The molecule has 0 aromatic heterocycles. The van der Waals surface area contributed by atoms with Gasteiger partial charge in [-0.2, -0.15) is 35.1 Å². The Morgan fingerprint density at radius 2 is 0.714 bits per heavy atom. The van der Waals surface area contributed by atoms with Gasteiger partial charge in [-0.25, -0.2) is 8.78 Å². The van der Waals surface area contributed by atoms with Crippen LogP contribution in [0.5, 0.6) is 0 Å². The van der Waals surface area contributed by atoms with Gasteiger partial charge in [-0.05, 0) is 0 Å². The fourth-order valence-corrected chi connectivity index (χ4v) is 0.161. The van der Waals surface area contributed by atoms with Crippen LogP contribution < -0.4 is 0 Å². The monoisotopic (exact) mass is 240 g/mol. The molecule has 0 aromatic carbocycles. The van der Waals surface area contributed by atoms with E-state index in [0.717, 1.165) is 0 Å². The summed E-state index contributed by atoms with van der Waals surface area (Å²) in [6, 6.07) is 0. The Morgan fingerprint density at radius 3 is 0.714 bits per heavy atom. The Hall–Kier alpha value is -0.700. The van der Waals surface area contributed by atoms with Crippen molar-refractivity contribution in [1.82, 2.24) is 0 Å². The van der Waals surface area contributed by atoms with E-state index >= 15 is 0 Å². The zero-order valence-electron chi connectivity index (χ0n) is 5.99. The molecule has 0 spiro atoms.